The van der Waals surface area contributed by atoms with Crippen LogP contribution in [0.2, 0.25) is 0 Å². The zero-order chi connectivity index (χ0) is 17.1. The molecule has 0 amide bonds. The van der Waals surface area contributed by atoms with Crippen molar-refractivity contribution in [1.82, 2.24) is 19.3 Å². The highest BCUT2D eigenvalue weighted by molar-refractivity contribution is 7.88. The summed E-state index contributed by atoms with van der Waals surface area (Å²) >= 11 is 0. The largest absolute Gasteiger partial charge is 0.247 e. The van der Waals surface area contributed by atoms with Gasteiger partial charge < -0.3 is 0 Å². The van der Waals surface area contributed by atoms with Crippen LogP contribution in [0.25, 0.3) is 0 Å². The molecule has 0 fully saturated rings. The Hall–Kier alpha value is -0.950. The summed E-state index contributed by atoms with van der Waals surface area (Å²) in [6, 6.07) is 0.243. The van der Waals surface area contributed by atoms with Crippen molar-refractivity contribution in [1.29, 1.82) is 0 Å². The van der Waals surface area contributed by atoms with Gasteiger partial charge in [-0.2, -0.15) is 4.31 Å². The molecule has 6 nitrogen and oxygen atoms in total. The summed E-state index contributed by atoms with van der Waals surface area (Å²) < 4.78 is 27.2. The predicted molar refractivity (Wildman–Crippen MR) is 89.4 cm³/mol. The highest BCUT2D eigenvalue weighted by Crippen LogP contribution is 2.34. The molecule has 22 heavy (non-hydrogen) atoms. The van der Waals surface area contributed by atoms with E-state index in [0.717, 1.165) is 25.0 Å². The Morgan fingerprint density at radius 3 is 2.41 bits per heavy atom. The molecule has 0 radical (unpaired) electrons. The first-order chi connectivity index (χ1) is 10.0. The van der Waals surface area contributed by atoms with E-state index in [0.29, 0.717) is 0 Å². The lowest BCUT2D eigenvalue weighted by molar-refractivity contribution is 0.225. The van der Waals surface area contributed by atoms with Crippen molar-refractivity contribution in [2.45, 2.75) is 71.4 Å². The monoisotopic (exact) mass is 330 g/mol. The van der Waals surface area contributed by atoms with Gasteiger partial charge in [-0.25, -0.2) is 13.1 Å². The van der Waals surface area contributed by atoms with Crippen LogP contribution in [0.3, 0.4) is 0 Å². The molecule has 0 aliphatic heterocycles. The number of rotatable bonds is 8. The van der Waals surface area contributed by atoms with Crippen molar-refractivity contribution in [3.05, 3.63) is 11.9 Å². The fourth-order valence-electron chi connectivity index (χ4n) is 2.83. The Balaban J connectivity index is 3.09. The van der Waals surface area contributed by atoms with Crippen LogP contribution in [0.4, 0.5) is 0 Å². The molecule has 0 aliphatic rings. The molecule has 128 valence electrons. The van der Waals surface area contributed by atoms with Crippen molar-refractivity contribution < 1.29 is 8.42 Å². The number of sulfonamides is 1. The molecule has 0 bridgehead atoms. The van der Waals surface area contributed by atoms with Crippen LogP contribution in [-0.4, -0.2) is 46.6 Å². The van der Waals surface area contributed by atoms with Gasteiger partial charge in [0.1, 0.15) is 0 Å². The van der Waals surface area contributed by atoms with E-state index in [2.05, 4.69) is 31.1 Å². The molecular formula is C15H30N4O2S. The fourth-order valence-corrected chi connectivity index (χ4v) is 3.80. The lowest BCUT2D eigenvalue weighted by Crippen LogP contribution is -2.45. The zero-order valence-corrected chi connectivity index (χ0v) is 15.7. The summed E-state index contributed by atoms with van der Waals surface area (Å²) in [6.45, 7) is 10.2. The van der Waals surface area contributed by atoms with Crippen molar-refractivity contribution in [3.63, 3.8) is 0 Å². The van der Waals surface area contributed by atoms with Crippen molar-refractivity contribution in [3.8, 4) is 0 Å². The van der Waals surface area contributed by atoms with Crippen LogP contribution in [0.1, 0.15) is 71.5 Å². The Morgan fingerprint density at radius 2 is 1.95 bits per heavy atom. The molecule has 0 saturated carbocycles. The second-order valence-corrected chi connectivity index (χ2v) is 8.94. The summed E-state index contributed by atoms with van der Waals surface area (Å²) in [5.41, 5.74) is 0.631. The summed E-state index contributed by atoms with van der Waals surface area (Å²) in [4.78, 5) is 0. The lowest BCUT2D eigenvalue weighted by atomic mass is 9.86. The SMILES string of the molecule is CCCC(CC(C)(C)N(C)S(C)(=O)=O)c1cnnn1C(C)C. The average molecular weight is 330 g/mol. The summed E-state index contributed by atoms with van der Waals surface area (Å²) in [5.74, 6) is 0.238. The molecule has 1 heterocycles. The van der Waals surface area contributed by atoms with Crippen LogP contribution >= 0.6 is 0 Å². The van der Waals surface area contributed by atoms with Crippen molar-refractivity contribution >= 4 is 10.0 Å². The molecule has 0 aliphatic carbocycles. The molecule has 7 heteroatoms. The number of hydrogen-bond donors (Lipinski definition) is 0. The molecule has 1 aromatic rings. The molecule has 0 spiro atoms. The topological polar surface area (TPSA) is 68.1 Å². The second-order valence-electron chi connectivity index (χ2n) is 6.93. The maximum Gasteiger partial charge on any atom is 0.211 e. The van der Waals surface area contributed by atoms with Gasteiger partial charge in [0.2, 0.25) is 10.0 Å². The number of aromatic nitrogens is 3. The maximum atomic E-state index is 11.9. The average Bonchev–Trinajstić information content (AvgIpc) is 2.85. The lowest BCUT2D eigenvalue weighted by Gasteiger charge is -2.36. The molecule has 0 N–H and O–H groups in total. The van der Waals surface area contributed by atoms with Gasteiger partial charge in [0.05, 0.1) is 18.1 Å². The predicted octanol–water partition coefficient (Wildman–Crippen LogP) is 2.80. The Labute approximate surface area is 134 Å². The van der Waals surface area contributed by atoms with Crippen molar-refractivity contribution in [2.24, 2.45) is 0 Å². The van der Waals surface area contributed by atoms with Gasteiger partial charge in [0, 0.05) is 24.5 Å². The highest BCUT2D eigenvalue weighted by atomic mass is 32.2. The minimum atomic E-state index is -3.22. The van der Waals surface area contributed by atoms with Crippen LogP contribution in [-0.2, 0) is 10.0 Å². The molecule has 1 aromatic heterocycles. The smallest absolute Gasteiger partial charge is 0.211 e. The van der Waals surface area contributed by atoms with Gasteiger partial charge in [0.25, 0.3) is 0 Å². The summed E-state index contributed by atoms with van der Waals surface area (Å²) in [6.07, 6.45) is 5.83. The van der Waals surface area contributed by atoms with Crippen LogP contribution in [0.5, 0.6) is 0 Å². The van der Waals surface area contributed by atoms with E-state index in [-0.39, 0.29) is 12.0 Å². The summed E-state index contributed by atoms with van der Waals surface area (Å²) in [5, 5.41) is 8.23. The highest BCUT2D eigenvalue weighted by Gasteiger charge is 2.34. The van der Waals surface area contributed by atoms with E-state index in [4.69, 9.17) is 0 Å². The standard InChI is InChI=1S/C15H30N4O2S/c1-8-9-13(14-11-16-17-19(14)12(2)3)10-15(4,5)18(6)22(7,20)21/h11-13H,8-10H2,1-7H3. The van der Waals surface area contributed by atoms with Crippen LogP contribution in [0.15, 0.2) is 6.20 Å². The molecule has 0 aromatic carbocycles. The van der Waals surface area contributed by atoms with E-state index in [1.807, 2.05) is 24.7 Å². The first-order valence-electron chi connectivity index (χ1n) is 7.84. The Bertz CT molecular complexity index is 578. The van der Waals surface area contributed by atoms with E-state index in [1.54, 1.807) is 7.05 Å². The van der Waals surface area contributed by atoms with Gasteiger partial charge in [-0.05, 0) is 40.5 Å². The molecule has 1 unspecified atom stereocenters. The third-order valence-electron chi connectivity index (χ3n) is 4.24. The number of nitrogens with zero attached hydrogens (tertiary/aromatic N) is 4. The Morgan fingerprint density at radius 1 is 1.36 bits per heavy atom. The third kappa shape index (κ3) is 4.52. The fraction of sp³-hybridized carbons (Fsp3) is 0.867. The van der Waals surface area contributed by atoms with Gasteiger partial charge in [0.15, 0.2) is 0 Å². The van der Waals surface area contributed by atoms with E-state index >= 15 is 0 Å². The van der Waals surface area contributed by atoms with Gasteiger partial charge in [-0.15, -0.1) is 5.10 Å². The zero-order valence-electron chi connectivity index (χ0n) is 14.9. The van der Waals surface area contributed by atoms with Crippen LogP contribution < -0.4 is 0 Å². The van der Waals surface area contributed by atoms with E-state index in [9.17, 15) is 8.42 Å². The Kier molecular flexibility index (Phi) is 6.15. The van der Waals surface area contributed by atoms with Crippen LogP contribution in [0, 0.1) is 0 Å². The minimum absolute atomic E-state index is 0.238. The first-order valence-corrected chi connectivity index (χ1v) is 9.69. The van der Waals surface area contributed by atoms with E-state index < -0.39 is 15.6 Å². The normalized spacial score (nSPS) is 14.8. The molecule has 1 atom stereocenters. The maximum absolute atomic E-state index is 11.9. The number of hydrogen-bond acceptors (Lipinski definition) is 4. The van der Waals surface area contributed by atoms with E-state index in [1.165, 1.54) is 10.6 Å². The third-order valence-corrected chi connectivity index (χ3v) is 5.73. The van der Waals surface area contributed by atoms with Gasteiger partial charge in [-0.3, -0.25) is 0 Å². The molecular weight excluding hydrogens is 300 g/mol. The quantitative estimate of drug-likeness (QED) is 0.735. The second kappa shape index (κ2) is 7.08. The molecule has 1 rings (SSSR count). The van der Waals surface area contributed by atoms with Gasteiger partial charge >= 0.3 is 0 Å². The summed E-state index contributed by atoms with van der Waals surface area (Å²) in [7, 11) is -1.57. The molecule has 0 saturated heterocycles. The van der Waals surface area contributed by atoms with Crippen molar-refractivity contribution in [2.75, 3.05) is 13.3 Å². The van der Waals surface area contributed by atoms with Gasteiger partial charge in [-0.1, -0.05) is 18.6 Å². The first kappa shape index (κ1) is 19.1. The minimum Gasteiger partial charge on any atom is -0.247 e.